The Morgan fingerprint density at radius 2 is 2.11 bits per heavy atom. The number of ether oxygens (including phenoxy) is 1. The van der Waals surface area contributed by atoms with Crippen LogP contribution in [0.1, 0.15) is 37.7 Å². The van der Waals surface area contributed by atoms with Crippen LogP contribution in [0.25, 0.3) is 0 Å². The average Bonchev–Trinajstić information content (AvgIpc) is 2.90. The molecule has 3 heteroatoms. The highest BCUT2D eigenvalue weighted by atomic mass is 16.5. The summed E-state index contributed by atoms with van der Waals surface area (Å²) in [4.78, 5) is 16.6. The van der Waals surface area contributed by atoms with Gasteiger partial charge in [-0.1, -0.05) is 36.8 Å². The summed E-state index contributed by atoms with van der Waals surface area (Å²) in [6.45, 7) is 0.353. The second kappa shape index (κ2) is 5.55. The predicted octanol–water partition coefficient (Wildman–Crippen LogP) is 3.13. The average molecular weight is 257 g/mol. The minimum absolute atomic E-state index is 0.161. The van der Waals surface area contributed by atoms with Gasteiger partial charge < -0.3 is 4.74 Å². The molecule has 1 aromatic carbocycles. The van der Waals surface area contributed by atoms with Crippen LogP contribution in [0.5, 0.6) is 0 Å². The number of hydrogen-bond donors (Lipinski definition) is 0. The van der Waals surface area contributed by atoms with E-state index in [1.807, 2.05) is 30.3 Å². The maximum Gasteiger partial charge on any atom is 0.331 e. The van der Waals surface area contributed by atoms with E-state index in [9.17, 15) is 4.79 Å². The van der Waals surface area contributed by atoms with Gasteiger partial charge in [0, 0.05) is 5.71 Å². The molecule has 0 N–H and O–H groups in total. The van der Waals surface area contributed by atoms with Gasteiger partial charge in [0.05, 0.1) is 0 Å². The predicted molar refractivity (Wildman–Crippen MR) is 74.0 cm³/mol. The molecule has 1 aromatic rings. The van der Waals surface area contributed by atoms with Gasteiger partial charge in [0.1, 0.15) is 12.6 Å². The summed E-state index contributed by atoms with van der Waals surface area (Å²) >= 11 is 0. The molecular weight excluding hydrogens is 238 g/mol. The van der Waals surface area contributed by atoms with Crippen LogP contribution >= 0.6 is 0 Å². The fraction of sp³-hybridized carbons (Fsp3) is 0.500. The summed E-state index contributed by atoms with van der Waals surface area (Å²) in [7, 11) is 0. The molecule has 0 bridgehead atoms. The van der Waals surface area contributed by atoms with Crippen LogP contribution in [-0.2, 0) is 16.1 Å². The first-order valence-electron chi connectivity index (χ1n) is 7.10. The maximum absolute atomic E-state index is 12.0. The fourth-order valence-electron chi connectivity index (χ4n) is 2.99. The first-order chi connectivity index (χ1) is 9.33. The number of fused-ring (bicyclic) bond motifs is 1. The summed E-state index contributed by atoms with van der Waals surface area (Å²) in [5.74, 6) is 0.383. The molecule has 0 spiro atoms. The Morgan fingerprint density at radius 1 is 1.26 bits per heavy atom. The van der Waals surface area contributed by atoms with Crippen molar-refractivity contribution in [1.82, 2.24) is 0 Å². The van der Waals surface area contributed by atoms with Crippen LogP contribution in [-0.4, -0.2) is 17.7 Å². The van der Waals surface area contributed by atoms with Gasteiger partial charge in [-0.2, -0.15) is 0 Å². The van der Waals surface area contributed by atoms with Crippen molar-refractivity contribution in [2.24, 2.45) is 10.9 Å². The Bertz CT molecular complexity index is 481. The SMILES string of the molecule is O=C(OCc1ccccc1)[C@@H]1CC2CCCCC2=N1. The van der Waals surface area contributed by atoms with Crippen LogP contribution in [0.15, 0.2) is 35.3 Å². The van der Waals surface area contributed by atoms with Crippen molar-refractivity contribution in [3.8, 4) is 0 Å². The molecule has 1 heterocycles. The Hall–Kier alpha value is -1.64. The Balaban J connectivity index is 1.55. The van der Waals surface area contributed by atoms with E-state index in [0.717, 1.165) is 18.4 Å². The van der Waals surface area contributed by atoms with E-state index in [1.165, 1.54) is 25.0 Å². The molecule has 1 unspecified atom stereocenters. The summed E-state index contributed by atoms with van der Waals surface area (Å²) in [5.41, 5.74) is 2.28. The second-order valence-corrected chi connectivity index (χ2v) is 5.41. The van der Waals surface area contributed by atoms with E-state index < -0.39 is 0 Å². The van der Waals surface area contributed by atoms with Gasteiger partial charge in [0.15, 0.2) is 0 Å². The van der Waals surface area contributed by atoms with E-state index in [-0.39, 0.29) is 12.0 Å². The van der Waals surface area contributed by atoms with Crippen molar-refractivity contribution in [3.63, 3.8) is 0 Å². The number of hydrogen-bond acceptors (Lipinski definition) is 3. The molecule has 0 aromatic heterocycles. The molecule has 0 radical (unpaired) electrons. The molecule has 0 amide bonds. The zero-order chi connectivity index (χ0) is 13.1. The number of aliphatic imine (C=N–C) groups is 1. The molecule has 100 valence electrons. The summed E-state index contributed by atoms with van der Waals surface area (Å²) in [5, 5.41) is 0. The molecule has 0 saturated heterocycles. The molecule has 3 rings (SSSR count). The number of nitrogens with zero attached hydrogens (tertiary/aromatic N) is 1. The molecule has 1 aliphatic carbocycles. The van der Waals surface area contributed by atoms with Crippen molar-refractivity contribution in [2.45, 2.75) is 44.8 Å². The van der Waals surface area contributed by atoms with Crippen LogP contribution in [0, 0.1) is 5.92 Å². The molecule has 2 aliphatic rings. The van der Waals surface area contributed by atoms with Gasteiger partial charge in [-0.25, -0.2) is 4.79 Å². The van der Waals surface area contributed by atoms with Crippen LogP contribution in [0.3, 0.4) is 0 Å². The lowest BCUT2D eigenvalue weighted by Crippen LogP contribution is -2.20. The van der Waals surface area contributed by atoms with Crippen LogP contribution < -0.4 is 0 Å². The first kappa shape index (κ1) is 12.4. The van der Waals surface area contributed by atoms with Crippen LogP contribution in [0.2, 0.25) is 0 Å². The van der Waals surface area contributed by atoms with E-state index in [1.54, 1.807) is 0 Å². The molecule has 1 aliphatic heterocycles. The third-order valence-corrected chi connectivity index (χ3v) is 4.03. The quantitative estimate of drug-likeness (QED) is 0.780. The van der Waals surface area contributed by atoms with Crippen molar-refractivity contribution < 1.29 is 9.53 Å². The van der Waals surface area contributed by atoms with Gasteiger partial charge >= 0.3 is 5.97 Å². The standard InChI is InChI=1S/C16H19NO2/c18-16(19-11-12-6-2-1-3-7-12)15-10-13-8-4-5-9-14(13)17-15/h1-3,6-7,13,15H,4-5,8-11H2/t13?,15-/m0/s1. The molecule has 3 nitrogen and oxygen atoms in total. The monoisotopic (exact) mass is 257 g/mol. The molecule has 2 atom stereocenters. The van der Waals surface area contributed by atoms with Crippen molar-refractivity contribution in [3.05, 3.63) is 35.9 Å². The lowest BCUT2D eigenvalue weighted by molar-refractivity contribution is -0.146. The van der Waals surface area contributed by atoms with Gasteiger partial charge in [0.2, 0.25) is 0 Å². The number of rotatable bonds is 3. The summed E-state index contributed by atoms with van der Waals surface area (Å²) < 4.78 is 5.37. The van der Waals surface area contributed by atoms with Crippen molar-refractivity contribution in [1.29, 1.82) is 0 Å². The smallest absolute Gasteiger partial charge is 0.331 e. The van der Waals surface area contributed by atoms with Gasteiger partial charge in [-0.15, -0.1) is 0 Å². The Kier molecular flexibility index (Phi) is 3.62. The molecule has 19 heavy (non-hydrogen) atoms. The van der Waals surface area contributed by atoms with Gasteiger partial charge in [0.25, 0.3) is 0 Å². The lowest BCUT2D eigenvalue weighted by atomic mass is 9.86. The van der Waals surface area contributed by atoms with Gasteiger partial charge in [-0.05, 0) is 37.2 Å². The fourth-order valence-corrected chi connectivity index (χ4v) is 2.99. The zero-order valence-corrected chi connectivity index (χ0v) is 11.0. The maximum atomic E-state index is 12.0. The third-order valence-electron chi connectivity index (χ3n) is 4.03. The summed E-state index contributed by atoms with van der Waals surface area (Å²) in [6.07, 6.45) is 5.63. The lowest BCUT2D eigenvalue weighted by Gasteiger charge is -2.17. The van der Waals surface area contributed by atoms with E-state index >= 15 is 0 Å². The largest absolute Gasteiger partial charge is 0.459 e. The number of carbonyl (C=O) groups excluding carboxylic acids is 1. The van der Waals surface area contributed by atoms with Crippen LogP contribution in [0.4, 0.5) is 0 Å². The molecular formula is C16H19NO2. The molecule has 1 saturated carbocycles. The minimum Gasteiger partial charge on any atom is -0.459 e. The summed E-state index contributed by atoms with van der Waals surface area (Å²) in [6, 6.07) is 9.54. The highest BCUT2D eigenvalue weighted by molar-refractivity contribution is 5.93. The van der Waals surface area contributed by atoms with E-state index in [2.05, 4.69) is 4.99 Å². The highest BCUT2D eigenvalue weighted by Gasteiger charge is 2.34. The molecule has 1 fully saturated rings. The Labute approximate surface area is 113 Å². The highest BCUT2D eigenvalue weighted by Crippen LogP contribution is 2.32. The second-order valence-electron chi connectivity index (χ2n) is 5.41. The van der Waals surface area contributed by atoms with Crippen molar-refractivity contribution in [2.75, 3.05) is 0 Å². The number of benzene rings is 1. The van der Waals surface area contributed by atoms with Crippen molar-refractivity contribution >= 4 is 11.7 Å². The van der Waals surface area contributed by atoms with E-state index in [0.29, 0.717) is 12.5 Å². The number of esters is 1. The normalized spacial score (nSPS) is 25.6. The first-order valence-corrected chi connectivity index (χ1v) is 7.10. The van der Waals surface area contributed by atoms with E-state index in [4.69, 9.17) is 4.74 Å². The topological polar surface area (TPSA) is 38.7 Å². The van der Waals surface area contributed by atoms with Gasteiger partial charge in [-0.3, -0.25) is 4.99 Å². The minimum atomic E-state index is -0.248. The zero-order valence-electron chi connectivity index (χ0n) is 11.0. The number of carbonyl (C=O) groups is 1. The Morgan fingerprint density at radius 3 is 2.89 bits per heavy atom. The third kappa shape index (κ3) is 2.86.